The molecule has 0 radical (unpaired) electrons. The molecule has 2 N–H and O–H groups in total. The second-order valence-corrected chi connectivity index (χ2v) is 8.48. The molecule has 0 bridgehead atoms. The number of aryl methyl sites for hydroxylation is 1. The van der Waals surface area contributed by atoms with Crippen LogP contribution in [0.2, 0.25) is 0 Å². The first-order chi connectivity index (χ1) is 10.1. The van der Waals surface area contributed by atoms with Crippen molar-refractivity contribution in [3.8, 4) is 0 Å². The predicted octanol–water partition coefficient (Wildman–Crippen LogP) is 1.62. The van der Waals surface area contributed by atoms with Crippen LogP contribution < -0.4 is 5.73 Å². The molecule has 1 aliphatic heterocycles. The fourth-order valence-electron chi connectivity index (χ4n) is 3.72. The SMILES string of the molecule is NC1CCCC2CN(S(=O)(=O)CCc3ccccc3)CC12. The number of nitrogens with zero attached hydrogens (tertiary/aromatic N) is 1. The number of rotatable bonds is 4. The molecule has 21 heavy (non-hydrogen) atoms. The molecule has 2 fully saturated rings. The number of nitrogens with two attached hydrogens (primary N) is 1. The van der Waals surface area contributed by atoms with Gasteiger partial charge in [0.05, 0.1) is 5.75 Å². The van der Waals surface area contributed by atoms with Crippen molar-refractivity contribution >= 4 is 10.0 Å². The quantitative estimate of drug-likeness (QED) is 0.919. The summed E-state index contributed by atoms with van der Waals surface area (Å²) in [6.07, 6.45) is 3.89. The third kappa shape index (κ3) is 3.30. The molecule has 0 spiro atoms. The van der Waals surface area contributed by atoms with E-state index in [1.165, 1.54) is 0 Å². The Morgan fingerprint density at radius 3 is 2.62 bits per heavy atom. The summed E-state index contributed by atoms with van der Waals surface area (Å²) in [5.41, 5.74) is 7.25. The van der Waals surface area contributed by atoms with Gasteiger partial charge in [0.15, 0.2) is 0 Å². The molecule has 3 atom stereocenters. The standard InChI is InChI=1S/C16H24N2O2S/c17-16-8-4-7-14-11-18(12-15(14)16)21(19,20)10-9-13-5-2-1-3-6-13/h1-3,5-6,14-16H,4,7-12,17H2. The van der Waals surface area contributed by atoms with Gasteiger partial charge in [-0.15, -0.1) is 0 Å². The highest BCUT2D eigenvalue weighted by molar-refractivity contribution is 7.89. The van der Waals surface area contributed by atoms with E-state index in [2.05, 4.69) is 0 Å². The lowest BCUT2D eigenvalue weighted by Gasteiger charge is -2.29. The van der Waals surface area contributed by atoms with Crippen LogP contribution in [-0.4, -0.2) is 37.6 Å². The molecule has 3 rings (SSSR count). The summed E-state index contributed by atoms with van der Waals surface area (Å²) >= 11 is 0. The zero-order valence-corrected chi connectivity index (χ0v) is 13.1. The summed E-state index contributed by atoms with van der Waals surface area (Å²) in [6, 6.07) is 9.99. The van der Waals surface area contributed by atoms with Gasteiger partial charge in [0.2, 0.25) is 10.0 Å². The maximum absolute atomic E-state index is 12.5. The highest BCUT2D eigenvalue weighted by Gasteiger charge is 2.42. The Morgan fingerprint density at radius 2 is 1.90 bits per heavy atom. The molecule has 1 saturated carbocycles. The molecule has 4 nitrogen and oxygen atoms in total. The summed E-state index contributed by atoms with van der Waals surface area (Å²) in [7, 11) is -3.16. The molecule has 2 aliphatic rings. The summed E-state index contributed by atoms with van der Waals surface area (Å²) in [6.45, 7) is 1.30. The summed E-state index contributed by atoms with van der Waals surface area (Å²) < 4.78 is 26.8. The van der Waals surface area contributed by atoms with E-state index >= 15 is 0 Å². The Bertz CT molecular complexity index is 573. The zero-order valence-electron chi connectivity index (χ0n) is 12.3. The summed E-state index contributed by atoms with van der Waals surface area (Å²) in [5, 5.41) is 0. The Hall–Kier alpha value is -0.910. The third-order valence-electron chi connectivity index (χ3n) is 5.01. The predicted molar refractivity (Wildman–Crippen MR) is 84.3 cm³/mol. The van der Waals surface area contributed by atoms with Crippen LogP contribution in [-0.2, 0) is 16.4 Å². The fraction of sp³-hybridized carbons (Fsp3) is 0.625. The maximum atomic E-state index is 12.5. The Morgan fingerprint density at radius 1 is 1.14 bits per heavy atom. The Balaban J connectivity index is 1.63. The van der Waals surface area contributed by atoms with E-state index in [0.29, 0.717) is 31.3 Å². The third-order valence-corrected chi connectivity index (χ3v) is 6.81. The van der Waals surface area contributed by atoms with E-state index in [1.807, 2.05) is 30.3 Å². The lowest BCUT2D eigenvalue weighted by Crippen LogP contribution is -2.38. The Labute approximate surface area is 127 Å². The van der Waals surface area contributed by atoms with Gasteiger partial charge in [0.1, 0.15) is 0 Å². The molecule has 1 aromatic rings. The van der Waals surface area contributed by atoms with Crippen LogP contribution in [0, 0.1) is 11.8 Å². The van der Waals surface area contributed by atoms with Gasteiger partial charge in [0, 0.05) is 19.1 Å². The molecular weight excluding hydrogens is 284 g/mol. The first-order valence-corrected chi connectivity index (χ1v) is 9.44. The topological polar surface area (TPSA) is 63.4 Å². The van der Waals surface area contributed by atoms with Gasteiger partial charge in [-0.2, -0.15) is 0 Å². The molecule has 3 unspecified atom stereocenters. The lowest BCUT2D eigenvalue weighted by atomic mass is 9.78. The van der Waals surface area contributed by atoms with Crippen LogP contribution >= 0.6 is 0 Å². The maximum Gasteiger partial charge on any atom is 0.214 e. The van der Waals surface area contributed by atoms with E-state index < -0.39 is 10.0 Å². The van der Waals surface area contributed by atoms with Gasteiger partial charge >= 0.3 is 0 Å². The van der Waals surface area contributed by atoms with Gasteiger partial charge < -0.3 is 5.73 Å². The minimum absolute atomic E-state index is 0.179. The number of hydrogen-bond donors (Lipinski definition) is 1. The van der Waals surface area contributed by atoms with Crippen LogP contribution in [0.5, 0.6) is 0 Å². The van der Waals surface area contributed by atoms with Crippen molar-refractivity contribution in [2.24, 2.45) is 17.6 Å². The van der Waals surface area contributed by atoms with Crippen LogP contribution in [0.15, 0.2) is 30.3 Å². The normalized spacial score (nSPS) is 30.2. The minimum Gasteiger partial charge on any atom is -0.327 e. The molecule has 1 aliphatic carbocycles. The monoisotopic (exact) mass is 308 g/mol. The zero-order chi connectivity index (χ0) is 14.9. The van der Waals surface area contributed by atoms with Gasteiger partial charge in [-0.05, 0) is 36.7 Å². The van der Waals surface area contributed by atoms with Gasteiger partial charge in [0.25, 0.3) is 0 Å². The van der Waals surface area contributed by atoms with Crippen LogP contribution in [0.25, 0.3) is 0 Å². The van der Waals surface area contributed by atoms with Crippen LogP contribution in [0.1, 0.15) is 24.8 Å². The van der Waals surface area contributed by atoms with Gasteiger partial charge in [-0.1, -0.05) is 36.8 Å². The van der Waals surface area contributed by atoms with Crippen LogP contribution in [0.4, 0.5) is 0 Å². The minimum atomic E-state index is -3.16. The second kappa shape index (κ2) is 6.07. The van der Waals surface area contributed by atoms with Crippen molar-refractivity contribution in [3.05, 3.63) is 35.9 Å². The first kappa shape index (κ1) is 15.0. The number of fused-ring (bicyclic) bond motifs is 1. The van der Waals surface area contributed by atoms with Crippen molar-refractivity contribution in [1.29, 1.82) is 0 Å². The van der Waals surface area contributed by atoms with Crippen molar-refractivity contribution < 1.29 is 8.42 Å². The molecule has 116 valence electrons. The fourth-order valence-corrected chi connectivity index (χ4v) is 5.29. The van der Waals surface area contributed by atoms with E-state index in [-0.39, 0.29) is 11.8 Å². The van der Waals surface area contributed by atoms with Crippen molar-refractivity contribution in [1.82, 2.24) is 4.31 Å². The van der Waals surface area contributed by atoms with E-state index in [0.717, 1.165) is 24.8 Å². The average molecular weight is 308 g/mol. The number of hydrogen-bond acceptors (Lipinski definition) is 3. The molecule has 5 heteroatoms. The molecule has 1 aromatic carbocycles. The molecule has 1 saturated heterocycles. The molecule has 0 amide bonds. The van der Waals surface area contributed by atoms with E-state index in [4.69, 9.17) is 5.73 Å². The smallest absolute Gasteiger partial charge is 0.214 e. The molecule has 0 aromatic heterocycles. The van der Waals surface area contributed by atoms with Crippen molar-refractivity contribution in [2.45, 2.75) is 31.7 Å². The Kier molecular flexibility index (Phi) is 4.33. The second-order valence-electron chi connectivity index (χ2n) is 6.39. The van der Waals surface area contributed by atoms with Crippen molar-refractivity contribution in [2.75, 3.05) is 18.8 Å². The summed E-state index contributed by atoms with van der Waals surface area (Å²) in [5.74, 6) is 1.04. The van der Waals surface area contributed by atoms with Crippen LogP contribution in [0.3, 0.4) is 0 Å². The largest absolute Gasteiger partial charge is 0.327 e. The van der Waals surface area contributed by atoms with Crippen molar-refractivity contribution in [3.63, 3.8) is 0 Å². The number of benzene rings is 1. The first-order valence-electron chi connectivity index (χ1n) is 7.83. The highest BCUT2D eigenvalue weighted by atomic mass is 32.2. The van der Waals surface area contributed by atoms with E-state index in [9.17, 15) is 8.42 Å². The molecule has 1 heterocycles. The van der Waals surface area contributed by atoms with Gasteiger partial charge in [-0.3, -0.25) is 0 Å². The van der Waals surface area contributed by atoms with Gasteiger partial charge in [-0.25, -0.2) is 12.7 Å². The number of sulfonamides is 1. The van der Waals surface area contributed by atoms with E-state index in [1.54, 1.807) is 4.31 Å². The lowest BCUT2D eigenvalue weighted by molar-refractivity contribution is 0.260. The average Bonchev–Trinajstić information content (AvgIpc) is 2.93. The summed E-state index contributed by atoms with van der Waals surface area (Å²) in [4.78, 5) is 0. The molecular formula is C16H24N2O2S. The highest BCUT2D eigenvalue weighted by Crippen LogP contribution is 2.36.